The molecule has 0 aliphatic rings. The van der Waals surface area contributed by atoms with E-state index >= 15 is 0 Å². The lowest BCUT2D eigenvalue weighted by Crippen LogP contribution is -2.32. The highest BCUT2D eigenvalue weighted by Crippen LogP contribution is 2.16. The van der Waals surface area contributed by atoms with E-state index in [0.29, 0.717) is 6.07 Å². The van der Waals surface area contributed by atoms with Crippen molar-refractivity contribution in [1.29, 1.82) is 0 Å². The highest BCUT2D eigenvalue weighted by molar-refractivity contribution is 5.94. The van der Waals surface area contributed by atoms with E-state index in [1.807, 2.05) is 38.1 Å². The second kappa shape index (κ2) is 8.37. The van der Waals surface area contributed by atoms with Crippen molar-refractivity contribution in [3.8, 4) is 0 Å². The summed E-state index contributed by atoms with van der Waals surface area (Å²) >= 11 is 0. The quantitative estimate of drug-likeness (QED) is 0.843. The van der Waals surface area contributed by atoms with Crippen LogP contribution in [0.4, 0.5) is 8.78 Å². The number of hydrogen-bond acceptors (Lipinski definition) is 2. The molecule has 0 spiro atoms. The molecule has 0 heterocycles. The molecule has 0 fully saturated rings. The van der Waals surface area contributed by atoms with E-state index in [-0.39, 0.29) is 30.5 Å². The minimum Gasteiger partial charge on any atom is -0.351 e. The minimum absolute atomic E-state index is 0.0575. The van der Waals surface area contributed by atoms with Crippen molar-refractivity contribution >= 4 is 11.8 Å². The zero-order valence-electron chi connectivity index (χ0n) is 14.1. The standard InChI is InChI=1S/C19H20F2N2O2/c1-12-5-3-4-6-15(12)13(2)23-18(24)9-10-22-19(25)16-8-7-14(20)11-17(16)21/h3-8,11,13H,9-10H2,1-2H3,(H,22,25)(H,23,24). The van der Waals surface area contributed by atoms with Crippen molar-refractivity contribution in [3.63, 3.8) is 0 Å². The molecule has 1 unspecified atom stereocenters. The van der Waals surface area contributed by atoms with Gasteiger partial charge in [-0.1, -0.05) is 24.3 Å². The molecule has 132 valence electrons. The van der Waals surface area contributed by atoms with Gasteiger partial charge in [-0.25, -0.2) is 8.78 Å². The molecule has 2 N–H and O–H groups in total. The lowest BCUT2D eigenvalue weighted by molar-refractivity contribution is -0.121. The van der Waals surface area contributed by atoms with Crippen molar-refractivity contribution < 1.29 is 18.4 Å². The number of nitrogens with one attached hydrogen (secondary N) is 2. The van der Waals surface area contributed by atoms with Gasteiger partial charge < -0.3 is 10.6 Å². The topological polar surface area (TPSA) is 58.2 Å². The third kappa shape index (κ3) is 5.11. The molecular weight excluding hydrogens is 326 g/mol. The first kappa shape index (κ1) is 18.6. The summed E-state index contributed by atoms with van der Waals surface area (Å²) in [5.41, 5.74) is 1.85. The number of halogens is 2. The Bertz CT molecular complexity index is 778. The van der Waals surface area contributed by atoms with Crippen molar-refractivity contribution in [2.75, 3.05) is 6.54 Å². The van der Waals surface area contributed by atoms with Gasteiger partial charge in [-0.05, 0) is 37.1 Å². The fourth-order valence-electron chi connectivity index (χ4n) is 2.52. The van der Waals surface area contributed by atoms with Crippen LogP contribution in [-0.2, 0) is 4.79 Å². The fraction of sp³-hybridized carbons (Fsp3) is 0.263. The van der Waals surface area contributed by atoms with Crippen LogP contribution in [0.1, 0.15) is 40.9 Å². The molecule has 25 heavy (non-hydrogen) atoms. The van der Waals surface area contributed by atoms with Crippen molar-refractivity contribution in [1.82, 2.24) is 10.6 Å². The smallest absolute Gasteiger partial charge is 0.254 e. The van der Waals surface area contributed by atoms with E-state index in [2.05, 4.69) is 10.6 Å². The van der Waals surface area contributed by atoms with Gasteiger partial charge >= 0.3 is 0 Å². The molecule has 0 saturated carbocycles. The van der Waals surface area contributed by atoms with Gasteiger partial charge in [0.2, 0.25) is 5.91 Å². The van der Waals surface area contributed by atoms with Gasteiger partial charge in [0, 0.05) is 19.0 Å². The Morgan fingerprint density at radius 3 is 2.52 bits per heavy atom. The molecule has 2 amide bonds. The molecule has 1 atom stereocenters. The first-order valence-corrected chi connectivity index (χ1v) is 7.96. The van der Waals surface area contributed by atoms with Crippen molar-refractivity contribution in [2.45, 2.75) is 26.3 Å². The molecule has 0 aliphatic heterocycles. The van der Waals surface area contributed by atoms with Crippen LogP contribution in [0.15, 0.2) is 42.5 Å². The third-order valence-electron chi connectivity index (χ3n) is 3.85. The summed E-state index contributed by atoms with van der Waals surface area (Å²) in [5.74, 6) is -2.60. The first-order valence-electron chi connectivity index (χ1n) is 7.96. The Hall–Kier alpha value is -2.76. The maximum atomic E-state index is 13.5. The van der Waals surface area contributed by atoms with E-state index in [9.17, 15) is 18.4 Å². The Labute approximate surface area is 145 Å². The Balaban J connectivity index is 1.82. The van der Waals surface area contributed by atoms with E-state index in [0.717, 1.165) is 23.3 Å². The zero-order valence-corrected chi connectivity index (χ0v) is 14.1. The first-order chi connectivity index (χ1) is 11.9. The molecule has 2 aromatic carbocycles. The van der Waals surface area contributed by atoms with E-state index in [1.165, 1.54) is 0 Å². The molecule has 0 radical (unpaired) electrons. The van der Waals surface area contributed by atoms with Gasteiger partial charge in [0.1, 0.15) is 11.6 Å². The molecule has 0 bridgehead atoms. The summed E-state index contributed by atoms with van der Waals surface area (Å²) < 4.78 is 26.3. The molecule has 0 saturated heterocycles. The largest absolute Gasteiger partial charge is 0.351 e. The number of aryl methyl sites for hydroxylation is 1. The SMILES string of the molecule is Cc1ccccc1C(C)NC(=O)CCNC(=O)c1ccc(F)cc1F. The van der Waals surface area contributed by atoms with Crippen molar-refractivity contribution in [3.05, 3.63) is 70.8 Å². The summed E-state index contributed by atoms with van der Waals surface area (Å²) in [5, 5.41) is 5.31. The summed E-state index contributed by atoms with van der Waals surface area (Å²) in [6.07, 6.45) is 0.0603. The maximum absolute atomic E-state index is 13.5. The van der Waals surface area contributed by atoms with Gasteiger partial charge in [0.25, 0.3) is 5.91 Å². The lowest BCUT2D eigenvalue weighted by Gasteiger charge is -2.16. The predicted molar refractivity (Wildman–Crippen MR) is 91.0 cm³/mol. The van der Waals surface area contributed by atoms with E-state index in [1.54, 1.807) is 0 Å². The van der Waals surface area contributed by atoms with Crippen LogP contribution in [0.25, 0.3) is 0 Å². The molecule has 0 aromatic heterocycles. The second-order valence-electron chi connectivity index (χ2n) is 5.78. The number of rotatable bonds is 6. The fourth-order valence-corrected chi connectivity index (χ4v) is 2.52. The number of carbonyl (C=O) groups excluding carboxylic acids is 2. The van der Waals surface area contributed by atoms with Gasteiger partial charge in [-0.2, -0.15) is 0 Å². The summed E-state index contributed by atoms with van der Waals surface area (Å²) in [6.45, 7) is 3.91. The Morgan fingerprint density at radius 2 is 1.84 bits per heavy atom. The van der Waals surface area contributed by atoms with Gasteiger partial charge in [0.05, 0.1) is 11.6 Å². The van der Waals surface area contributed by atoms with Crippen LogP contribution < -0.4 is 10.6 Å². The molecule has 0 aliphatic carbocycles. The summed E-state index contributed by atoms with van der Waals surface area (Å²) in [7, 11) is 0. The Kier molecular flexibility index (Phi) is 6.22. The summed E-state index contributed by atoms with van der Waals surface area (Å²) in [4.78, 5) is 23.8. The second-order valence-corrected chi connectivity index (χ2v) is 5.78. The third-order valence-corrected chi connectivity index (χ3v) is 3.85. The average Bonchev–Trinajstić information content (AvgIpc) is 2.54. The molecule has 4 nitrogen and oxygen atoms in total. The molecular formula is C19H20F2N2O2. The zero-order chi connectivity index (χ0) is 18.4. The van der Waals surface area contributed by atoms with Crippen LogP contribution in [0.5, 0.6) is 0 Å². The van der Waals surface area contributed by atoms with Crippen LogP contribution in [0.2, 0.25) is 0 Å². The molecule has 6 heteroatoms. The summed E-state index contributed by atoms with van der Waals surface area (Å²) in [6, 6.07) is 10.3. The highest BCUT2D eigenvalue weighted by atomic mass is 19.1. The maximum Gasteiger partial charge on any atom is 0.254 e. The molecule has 2 rings (SSSR count). The number of amides is 2. The van der Waals surface area contributed by atoms with Gasteiger partial charge in [-0.3, -0.25) is 9.59 Å². The van der Waals surface area contributed by atoms with Gasteiger partial charge in [-0.15, -0.1) is 0 Å². The van der Waals surface area contributed by atoms with Crippen molar-refractivity contribution in [2.24, 2.45) is 0 Å². The van der Waals surface area contributed by atoms with Crippen LogP contribution in [0, 0.1) is 18.6 Å². The van der Waals surface area contributed by atoms with E-state index in [4.69, 9.17) is 0 Å². The van der Waals surface area contributed by atoms with Gasteiger partial charge in [0.15, 0.2) is 0 Å². The number of hydrogen-bond donors (Lipinski definition) is 2. The normalized spacial score (nSPS) is 11.7. The Morgan fingerprint density at radius 1 is 1.12 bits per heavy atom. The average molecular weight is 346 g/mol. The van der Waals surface area contributed by atoms with Crippen LogP contribution in [0.3, 0.4) is 0 Å². The number of carbonyl (C=O) groups is 2. The van der Waals surface area contributed by atoms with E-state index < -0.39 is 17.5 Å². The highest BCUT2D eigenvalue weighted by Gasteiger charge is 2.14. The van der Waals surface area contributed by atoms with Crippen LogP contribution in [-0.4, -0.2) is 18.4 Å². The minimum atomic E-state index is -0.935. The molecule has 2 aromatic rings. The number of benzene rings is 2. The predicted octanol–water partition coefficient (Wildman–Crippen LogP) is 3.27. The lowest BCUT2D eigenvalue weighted by atomic mass is 10.0. The monoisotopic (exact) mass is 346 g/mol. The van der Waals surface area contributed by atoms with Crippen LogP contribution >= 0.6 is 0 Å².